The van der Waals surface area contributed by atoms with Crippen LogP contribution in [0.25, 0.3) is 0 Å². The van der Waals surface area contributed by atoms with E-state index in [-0.39, 0.29) is 6.10 Å². The van der Waals surface area contributed by atoms with Crippen molar-refractivity contribution in [3.05, 3.63) is 24.3 Å². The first-order chi connectivity index (χ1) is 9.19. The van der Waals surface area contributed by atoms with Gasteiger partial charge in [-0.25, -0.2) is 0 Å². The molecule has 0 radical (unpaired) electrons. The van der Waals surface area contributed by atoms with Crippen LogP contribution in [0.3, 0.4) is 0 Å². The second-order valence-corrected chi connectivity index (χ2v) is 5.25. The van der Waals surface area contributed by atoms with Gasteiger partial charge < -0.3 is 19.5 Å². The maximum Gasteiger partial charge on any atom is 0.161 e. The quantitative estimate of drug-likeness (QED) is 0.816. The first kappa shape index (κ1) is 14.2. The van der Waals surface area contributed by atoms with Crippen LogP contribution >= 0.6 is 0 Å². The monoisotopic (exact) mass is 265 g/mol. The van der Waals surface area contributed by atoms with Gasteiger partial charge in [0.2, 0.25) is 0 Å². The molecule has 1 aliphatic carbocycles. The Labute approximate surface area is 114 Å². The topological polar surface area (TPSA) is 41.9 Å². The van der Waals surface area contributed by atoms with Crippen LogP contribution in [-0.2, 0) is 0 Å². The van der Waals surface area contributed by atoms with Crippen molar-refractivity contribution in [3.63, 3.8) is 0 Å². The van der Waals surface area contributed by atoms with E-state index in [1.54, 1.807) is 7.11 Å². The number of hydrogen-bond donors (Lipinski definition) is 1. The first-order valence-corrected chi connectivity index (χ1v) is 6.81. The molecule has 1 saturated carbocycles. The average Bonchev–Trinajstić information content (AvgIpc) is 2.37. The molecule has 1 aromatic rings. The molecule has 0 heterocycles. The zero-order valence-electron chi connectivity index (χ0n) is 11.7. The summed E-state index contributed by atoms with van der Waals surface area (Å²) in [7, 11) is 3.74. The molecule has 0 aliphatic heterocycles. The van der Waals surface area contributed by atoms with Gasteiger partial charge in [0.15, 0.2) is 11.5 Å². The van der Waals surface area contributed by atoms with Gasteiger partial charge in [-0.3, -0.25) is 0 Å². The number of methoxy groups -OCH3 is 1. The largest absolute Gasteiger partial charge is 0.493 e. The number of hydrogen-bond acceptors (Lipinski definition) is 4. The number of nitrogens with zero attached hydrogens (tertiary/aromatic N) is 1. The molecule has 1 fully saturated rings. The summed E-state index contributed by atoms with van der Waals surface area (Å²) in [5.41, 5.74) is 0. The van der Waals surface area contributed by atoms with E-state index >= 15 is 0 Å². The van der Waals surface area contributed by atoms with E-state index in [0.29, 0.717) is 12.5 Å². The number of ether oxygens (including phenoxy) is 2. The molecule has 1 N–H and O–H groups in total. The highest BCUT2D eigenvalue weighted by atomic mass is 16.5. The number of aliphatic hydroxyl groups is 1. The van der Waals surface area contributed by atoms with Crippen molar-refractivity contribution in [2.24, 2.45) is 5.92 Å². The summed E-state index contributed by atoms with van der Waals surface area (Å²) < 4.78 is 11.0. The van der Waals surface area contributed by atoms with Crippen molar-refractivity contribution >= 4 is 0 Å². The molecule has 2 rings (SSSR count). The smallest absolute Gasteiger partial charge is 0.161 e. The van der Waals surface area contributed by atoms with Gasteiger partial charge in [-0.05, 0) is 37.9 Å². The van der Waals surface area contributed by atoms with Crippen molar-refractivity contribution in [3.8, 4) is 11.5 Å². The number of rotatable bonds is 7. The number of aliphatic hydroxyl groups excluding tert-OH is 1. The Kier molecular flexibility index (Phi) is 5.05. The van der Waals surface area contributed by atoms with Gasteiger partial charge in [0.25, 0.3) is 0 Å². The molecule has 1 aliphatic rings. The van der Waals surface area contributed by atoms with Crippen LogP contribution in [0.15, 0.2) is 24.3 Å². The Balaban J connectivity index is 1.68. The number of para-hydroxylation sites is 2. The summed E-state index contributed by atoms with van der Waals surface area (Å²) in [5, 5.41) is 9.26. The van der Waals surface area contributed by atoms with Crippen molar-refractivity contribution < 1.29 is 14.6 Å². The predicted molar refractivity (Wildman–Crippen MR) is 74.7 cm³/mol. The molecule has 0 aromatic heterocycles. The van der Waals surface area contributed by atoms with E-state index in [1.807, 2.05) is 24.3 Å². The lowest BCUT2D eigenvalue weighted by atomic mass is 9.82. The van der Waals surface area contributed by atoms with E-state index in [0.717, 1.165) is 37.4 Å². The van der Waals surface area contributed by atoms with Crippen molar-refractivity contribution in [2.45, 2.75) is 18.9 Å². The summed E-state index contributed by atoms with van der Waals surface area (Å²) >= 11 is 0. The Morgan fingerprint density at radius 1 is 1.26 bits per heavy atom. The zero-order valence-corrected chi connectivity index (χ0v) is 11.7. The van der Waals surface area contributed by atoms with Crippen molar-refractivity contribution in [1.29, 1.82) is 0 Å². The van der Waals surface area contributed by atoms with Gasteiger partial charge in [-0.15, -0.1) is 0 Å². The summed E-state index contributed by atoms with van der Waals surface area (Å²) in [6, 6.07) is 7.69. The fourth-order valence-corrected chi connectivity index (χ4v) is 2.43. The number of likely N-dealkylation sites (N-methyl/N-ethyl adjacent to an activating group) is 1. The molecule has 4 nitrogen and oxygen atoms in total. The third-order valence-electron chi connectivity index (χ3n) is 3.58. The maximum atomic E-state index is 9.26. The lowest BCUT2D eigenvalue weighted by molar-refractivity contribution is 0.0268. The molecule has 19 heavy (non-hydrogen) atoms. The lowest BCUT2D eigenvalue weighted by Crippen LogP contribution is -2.38. The highest BCUT2D eigenvalue weighted by Gasteiger charge is 2.27. The molecule has 0 unspecified atom stereocenters. The summed E-state index contributed by atoms with van der Waals surface area (Å²) in [6.45, 7) is 2.56. The van der Waals surface area contributed by atoms with E-state index < -0.39 is 0 Å². The number of benzene rings is 1. The second kappa shape index (κ2) is 6.78. The van der Waals surface area contributed by atoms with Crippen LogP contribution in [0, 0.1) is 5.92 Å². The van der Waals surface area contributed by atoms with E-state index in [1.165, 1.54) is 0 Å². The van der Waals surface area contributed by atoms with Gasteiger partial charge in [0.05, 0.1) is 13.2 Å². The lowest BCUT2D eigenvalue weighted by Gasteiger charge is -2.34. The maximum absolute atomic E-state index is 9.26. The fourth-order valence-electron chi connectivity index (χ4n) is 2.43. The van der Waals surface area contributed by atoms with Crippen LogP contribution < -0.4 is 9.47 Å². The second-order valence-electron chi connectivity index (χ2n) is 5.25. The molecule has 106 valence electrons. The minimum atomic E-state index is -0.0665. The molecular weight excluding hydrogens is 242 g/mol. The first-order valence-electron chi connectivity index (χ1n) is 6.81. The molecule has 0 amide bonds. The summed E-state index contributed by atoms with van der Waals surface area (Å²) in [5.74, 6) is 2.20. The van der Waals surface area contributed by atoms with Gasteiger partial charge in [0.1, 0.15) is 6.61 Å². The van der Waals surface area contributed by atoms with Crippen molar-refractivity contribution in [2.75, 3.05) is 33.9 Å². The van der Waals surface area contributed by atoms with Gasteiger partial charge in [-0.1, -0.05) is 12.1 Å². The summed E-state index contributed by atoms with van der Waals surface area (Å²) in [6.07, 6.45) is 1.82. The van der Waals surface area contributed by atoms with E-state index in [4.69, 9.17) is 9.47 Å². The molecule has 4 heteroatoms. The van der Waals surface area contributed by atoms with Crippen LogP contribution in [-0.4, -0.2) is 50.0 Å². The Bertz CT molecular complexity index is 391. The Morgan fingerprint density at radius 3 is 2.58 bits per heavy atom. The third-order valence-corrected chi connectivity index (χ3v) is 3.58. The average molecular weight is 265 g/mol. The van der Waals surface area contributed by atoms with E-state index in [9.17, 15) is 5.11 Å². The van der Waals surface area contributed by atoms with Gasteiger partial charge in [-0.2, -0.15) is 0 Å². The molecule has 0 spiro atoms. The highest BCUT2D eigenvalue weighted by molar-refractivity contribution is 5.39. The molecule has 0 bridgehead atoms. The minimum Gasteiger partial charge on any atom is -0.493 e. The van der Waals surface area contributed by atoms with Crippen LogP contribution in [0.1, 0.15) is 12.8 Å². The van der Waals surface area contributed by atoms with Crippen LogP contribution in [0.4, 0.5) is 0 Å². The Hall–Kier alpha value is -1.26. The molecule has 0 atom stereocenters. The van der Waals surface area contributed by atoms with E-state index in [2.05, 4.69) is 11.9 Å². The minimum absolute atomic E-state index is 0.0665. The SMILES string of the molecule is COc1ccccc1OCCN(C)CC1CC(O)C1. The van der Waals surface area contributed by atoms with Gasteiger partial charge >= 0.3 is 0 Å². The van der Waals surface area contributed by atoms with Crippen LogP contribution in [0.2, 0.25) is 0 Å². The molecule has 0 saturated heterocycles. The van der Waals surface area contributed by atoms with Gasteiger partial charge in [0, 0.05) is 13.1 Å². The Morgan fingerprint density at radius 2 is 1.95 bits per heavy atom. The fraction of sp³-hybridized carbons (Fsp3) is 0.600. The third kappa shape index (κ3) is 4.11. The predicted octanol–water partition coefficient (Wildman–Crippen LogP) is 1.78. The summed E-state index contributed by atoms with van der Waals surface area (Å²) in [4.78, 5) is 2.26. The molecule has 1 aromatic carbocycles. The zero-order chi connectivity index (χ0) is 13.7. The standard InChI is InChI=1S/C15H23NO3/c1-16(11-12-9-13(17)10-12)7-8-19-15-6-4-3-5-14(15)18-2/h3-6,12-13,17H,7-11H2,1-2H3. The highest BCUT2D eigenvalue weighted by Crippen LogP contribution is 2.28. The molecular formula is C15H23NO3. The normalized spacial score (nSPS) is 22.1. The van der Waals surface area contributed by atoms with Crippen LogP contribution in [0.5, 0.6) is 11.5 Å². The van der Waals surface area contributed by atoms with Crippen molar-refractivity contribution in [1.82, 2.24) is 4.90 Å².